The van der Waals surface area contributed by atoms with Gasteiger partial charge in [0.15, 0.2) is 0 Å². The molecule has 1 aromatic rings. The summed E-state index contributed by atoms with van der Waals surface area (Å²) in [6, 6.07) is 6.37. The molecule has 0 unspecified atom stereocenters. The molecule has 0 aliphatic rings. The van der Waals surface area contributed by atoms with Crippen LogP contribution in [0.25, 0.3) is 0 Å². The number of amides is 1. The van der Waals surface area contributed by atoms with Crippen LogP contribution in [0.3, 0.4) is 0 Å². The maximum absolute atomic E-state index is 11.6. The number of hydrogen-bond donors (Lipinski definition) is 3. The fraction of sp³-hybridized carbons (Fsp3) is 0.429. The Labute approximate surface area is 131 Å². The molecule has 7 heteroatoms. The summed E-state index contributed by atoms with van der Waals surface area (Å²) in [6.45, 7) is 0.571. The van der Waals surface area contributed by atoms with Crippen molar-refractivity contribution >= 4 is 28.0 Å². The minimum absolute atomic E-state index is 0.0718. The zero-order chi connectivity index (χ0) is 15.7. The van der Waals surface area contributed by atoms with Crippen LogP contribution >= 0.6 is 15.9 Å². The highest BCUT2D eigenvalue weighted by molar-refractivity contribution is 9.10. The van der Waals surface area contributed by atoms with Crippen molar-refractivity contribution in [2.45, 2.75) is 31.9 Å². The molecule has 0 spiro atoms. The number of unbranched alkanes of at least 4 members (excludes halogenated alkanes) is 1. The molecule has 6 nitrogen and oxygen atoms in total. The van der Waals surface area contributed by atoms with Crippen molar-refractivity contribution < 1.29 is 19.4 Å². The van der Waals surface area contributed by atoms with Gasteiger partial charge in [-0.05, 0) is 31.9 Å². The smallest absolute Gasteiger partial charge is 0.408 e. The first-order chi connectivity index (χ1) is 10.0. The van der Waals surface area contributed by atoms with Crippen LogP contribution in [-0.2, 0) is 16.1 Å². The molecule has 0 aliphatic carbocycles. The lowest BCUT2D eigenvalue weighted by Gasteiger charge is -2.14. The fourth-order valence-electron chi connectivity index (χ4n) is 1.69. The average Bonchev–Trinajstić information content (AvgIpc) is 2.45. The van der Waals surface area contributed by atoms with E-state index in [0.29, 0.717) is 19.4 Å². The number of carboxylic acids is 1. The number of halogens is 1. The van der Waals surface area contributed by atoms with Crippen LogP contribution in [-0.4, -0.2) is 29.8 Å². The highest BCUT2D eigenvalue weighted by Crippen LogP contribution is 2.16. The van der Waals surface area contributed by atoms with Crippen molar-refractivity contribution in [1.29, 1.82) is 0 Å². The molecule has 21 heavy (non-hydrogen) atoms. The topological polar surface area (TPSA) is 102 Å². The lowest BCUT2D eigenvalue weighted by Crippen LogP contribution is -2.41. The summed E-state index contributed by atoms with van der Waals surface area (Å²) in [5.41, 5.74) is 6.16. The number of carboxylic acid groups (broad SMARTS) is 1. The Morgan fingerprint density at radius 1 is 1.33 bits per heavy atom. The van der Waals surface area contributed by atoms with Crippen LogP contribution in [0.15, 0.2) is 28.7 Å². The molecule has 0 radical (unpaired) electrons. The van der Waals surface area contributed by atoms with Crippen molar-refractivity contribution in [2.24, 2.45) is 5.73 Å². The van der Waals surface area contributed by atoms with Gasteiger partial charge in [-0.1, -0.05) is 34.1 Å². The van der Waals surface area contributed by atoms with Crippen LogP contribution in [0.1, 0.15) is 24.8 Å². The zero-order valence-electron chi connectivity index (χ0n) is 11.5. The number of hydrogen-bond acceptors (Lipinski definition) is 4. The minimum atomic E-state index is -1.08. The summed E-state index contributed by atoms with van der Waals surface area (Å²) in [6.07, 6.45) is 0.942. The van der Waals surface area contributed by atoms with Crippen LogP contribution < -0.4 is 11.1 Å². The summed E-state index contributed by atoms with van der Waals surface area (Å²) in [5, 5.41) is 11.4. The zero-order valence-corrected chi connectivity index (χ0v) is 13.1. The first-order valence-corrected chi connectivity index (χ1v) is 7.43. The van der Waals surface area contributed by atoms with E-state index in [1.54, 1.807) is 0 Å². The molecule has 0 bridgehead atoms. The molecule has 4 N–H and O–H groups in total. The number of ether oxygens (including phenoxy) is 1. The van der Waals surface area contributed by atoms with Gasteiger partial charge in [0.05, 0.1) is 0 Å². The largest absolute Gasteiger partial charge is 0.480 e. The minimum Gasteiger partial charge on any atom is -0.480 e. The van der Waals surface area contributed by atoms with E-state index in [2.05, 4.69) is 21.2 Å². The third-order valence-corrected chi connectivity index (χ3v) is 3.63. The van der Waals surface area contributed by atoms with Crippen molar-refractivity contribution in [3.63, 3.8) is 0 Å². The van der Waals surface area contributed by atoms with Crippen molar-refractivity contribution in [2.75, 3.05) is 6.54 Å². The third-order valence-electron chi connectivity index (χ3n) is 2.85. The number of rotatable bonds is 8. The van der Waals surface area contributed by atoms with Gasteiger partial charge in [-0.2, -0.15) is 0 Å². The number of nitrogens with two attached hydrogens (primary N) is 1. The van der Waals surface area contributed by atoms with Gasteiger partial charge in [0.1, 0.15) is 12.6 Å². The third kappa shape index (κ3) is 6.59. The van der Waals surface area contributed by atoms with Crippen molar-refractivity contribution in [1.82, 2.24) is 5.32 Å². The first-order valence-electron chi connectivity index (χ1n) is 6.64. The first kappa shape index (κ1) is 17.5. The molecule has 116 valence electrons. The maximum Gasteiger partial charge on any atom is 0.408 e. The number of benzene rings is 1. The lowest BCUT2D eigenvalue weighted by atomic mass is 10.1. The average molecular weight is 359 g/mol. The van der Waals surface area contributed by atoms with E-state index in [0.717, 1.165) is 16.5 Å². The van der Waals surface area contributed by atoms with Gasteiger partial charge in [0.2, 0.25) is 0 Å². The van der Waals surface area contributed by atoms with Gasteiger partial charge in [-0.15, -0.1) is 0 Å². The number of carbonyl (C=O) groups is 2. The van der Waals surface area contributed by atoms with Gasteiger partial charge in [-0.3, -0.25) is 0 Å². The van der Waals surface area contributed by atoms with Gasteiger partial charge in [-0.25, -0.2) is 9.59 Å². The molecule has 0 heterocycles. The van der Waals surface area contributed by atoms with E-state index < -0.39 is 18.1 Å². The summed E-state index contributed by atoms with van der Waals surface area (Å²) < 4.78 is 5.86. The van der Waals surface area contributed by atoms with E-state index in [-0.39, 0.29) is 6.61 Å². The summed E-state index contributed by atoms with van der Waals surface area (Å²) >= 11 is 3.34. The molecule has 1 atom stereocenters. The van der Waals surface area contributed by atoms with E-state index in [1.807, 2.05) is 24.3 Å². The predicted octanol–water partition coefficient (Wildman–Crippen LogP) is 2.26. The summed E-state index contributed by atoms with van der Waals surface area (Å²) in [7, 11) is 0. The predicted molar refractivity (Wildman–Crippen MR) is 81.8 cm³/mol. The number of nitrogens with one attached hydrogen (secondary N) is 1. The Bertz CT molecular complexity index is 482. The normalized spacial score (nSPS) is 11.7. The molecule has 0 aliphatic heterocycles. The van der Waals surface area contributed by atoms with Gasteiger partial charge in [0, 0.05) is 10.0 Å². The Kier molecular flexibility index (Phi) is 7.78. The highest BCUT2D eigenvalue weighted by atomic mass is 79.9. The summed E-state index contributed by atoms with van der Waals surface area (Å²) in [4.78, 5) is 22.7. The van der Waals surface area contributed by atoms with Crippen LogP contribution in [0.2, 0.25) is 0 Å². The van der Waals surface area contributed by atoms with Gasteiger partial charge >= 0.3 is 12.1 Å². The van der Waals surface area contributed by atoms with E-state index in [1.165, 1.54) is 0 Å². The second kappa shape index (κ2) is 9.36. The SMILES string of the molecule is NCCCC[C@H](NC(=O)OCc1ccccc1Br)C(=O)O. The number of alkyl carbamates (subject to hydrolysis) is 1. The Morgan fingerprint density at radius 2 is 2.05 bits per heavy atom. The van der Waals surface area contributed by atoms with Gasteiger partial charge < -0.3 is 20.9 Å². The second-order valence-corrected chi connectivity index (χ2v) is 5.34. The highest BCUT2D eigenvalue weighted by Gasteiger charge is 2.20. The van der Waals surface area contributed by atoms with E-state index >= 15 is 0 Å². The molecule has 0 saturated carbocycles. The van der Waals surface area contributed by atoms with Crippen LogP contribution in [0.5, 0.6) is 0 Å². The quantitative estimate of drug-likeness (QED) is 0.618. The standard InChI is InChI=1S/C14H19BrN2O4/c15-11-6-2-1-5-10(11)9-21-14(20)17-12(13(18)19)7-3-4-8-16/h1-2,5-6,12H,3-4,7-9,16H2,(H,17,20)(H,18,19)/t12-/m0/s1. The second-order valence-electron chi connectivity index (χ2n) is 4.49. The Morgan fingerprint density at radius 3 is 2.67 bits per heavy atom. The molecular weight excluding hydrogens is 340 g/mol. The Balaban J connectivity index is 2.43. The monoisotopic (exact) mass is 358 g/mol. The molecule has 1 rings (SSSR count). The van der Waals surface area contributed by atoms with Gasteiger partial charge in [0.25, 0.3) is 0 Å². The maximum atomic E-state index is 11.6. The Hall–Kier alpha value is -1.60. The molecule has 1 aromatic carbocycles. The van der Waals surface area contributed by atoms with Crippen molar-refractivity contribution in [3.05, 3.63) is 34.3 Å². The fourth-order valence-corrected chi connectivity index (χ4v) is 2.09. The van der Waals surface area contributed by atoms with E-state index in [4.69, 9.17) is 15.6 Å². The van der Waals surface area contributed by atoms with Crippen LogP contribution in [0, 0.1) is 0 Å². The number of aliphatic carboxylic acids is 1. The molecule has 0 aromatic heterocycles. The summed E-state index contributed by atoms with van der Waals surface area (Å²) in [5.74, 6) is -1.08. The van der Waals surface area contributed by atoms with E-state index in [9.17, 15) is 9.59 Å². The molecule has 0 fully saturated rings. The van der Waals surface area contributed by atoms with Crippen molar-refractivity contribution in [3.8, 4) is 0 Å². The molecule has 1 amide bonds. The molecular formula is C14H19BrN2O4. The number of carbonyl (C=O) groups excluding carboxylic acids is 1. The lowest BCUT2D eigenvalue weighted by molar-refractivity contribution is -0.139. The molecule has 0 saturated heterocycles. The van der Waals surface area contributed by atoms with Crippen LogP contribution in [0.4, 0.5) is 4.79 Å².